The first-order valence-electron chi connectivity index (χ1n) is 8.45. The van der Waals surface area contributed by atoms with Gasteiger partial charge < -0.3 is 19.5 Å². The van der Waals surface area contributed by atoms with Crippen LogP contribution in [0.25, 0.3) is 6.08 Å². The number of nitriles is 1. The number of benzene rings is 2. The summed E-state index contributed by atoms with van der Waals surface area (Å²) in [4.78, 5) is 23.7. The molecule has 0 unspecified atom stereocenters. The van der Waals surface area contributed by atoms with E-state index in [1.165, 1.54) is 20.3 Å². The number of halogens is 1. The molecule has 7 nitrogen and oxygen atoms in total. The summed E-state index contributed by atoms with van der Waals surface area (Å²) in [5.41, 5.74) is 1.78. The maximum atomic E-state index is 12.5. The van der Waals surface area contributed by atoms with E-state index in [0.29, 0.717) is 27.8 Å². The number of nitrogens with zero attached hydrogens (tertiary/aromatic N) is 1. The Morgan fingerprint density at radius 3 is 2.59 bits per heavy atom. The van der Waals surface area contributed by atoms with Crippen molar-refractivity contribution in [1.82, 2.24) is 0 Å². The van der Waals surface area contributed by atoms with Crippen LogP contribution < -0.4 is 14.8 Å². The number of rotatable bonds is 7. The number of aryl methyl sites for hydroxylation is 1. The molecule has 2 aromatic rings. The highest BCUT2D eigenvalue weighted by Crippen LogP contribution is 2.29. The van der Waals surface area contributed by atoms with Gasteiger partial charge in [0.05, 0.1) is 14.2 Å². The number of amides is 1. The molecule has 0 aliphatic heterocycles. The molecule has 2 aromatic carbocycles. The quantitative estimate of drug-likeness (QED) is 0.421. The number of hydrogen-bond acceptors (Lipinski definition) is 6. The van der Waals surface area contributed by atoms with Crippen LogP contribution in [-0.2, 0) is 14.3 Å². The molecule has 0 fully saturated rings. The summed E-state index contributed by atoms with van der Waals surface area (Å²) in [5, 5.41) is 12.6. The smallest absolute Gasteiger partial charge is 0.343 e. The monoisotopic (exact) mass is 414 g/mol. The number of ether oxygens (including phenoxy) is 3. The van der Waals surface area contributed by atoms with Crippen LogP contribution in [0.15, 0.2) is 42.0 Å². The lowest BCUT2D eigenvalue weighted by Gasteiger charge is -2.11. The largest absolute Gasteiger partial charge is 0.493 e. The highest BCUT2D eigenvalue weighted by atomic mass is 35.5. The maximum Gasteiger partial charge on any atom is 0.343 e. The molecule has 2 rings (SSSR count). The van der Waals surface area contributed by atoms with E-state index in [9.17, 15) is 14.9 Å². The van der Waals surface area contributed by atoms with Crippen LogP contribution >= 0.6 is 11.6 Å². The van der Waals surface area contributed by atoms with E-state index in [-0.39, 0.29) is 12.2 Å². The average molecular weight is 415 g/mol. The number of esters is 1. The molecule has 150 valence electrons. The van der Waals surface area contributed by atoms with Crippen molar-refractivity contribution in [3.8, 4) is 17.6 Å². The summed E-state index contributed by atoms with van der Waals surface area (Å²) in [6.45, 7) is 1.55. The third-order valence-electron chi connectivity index (χ3n) is 3.88. The van der Waals surface area contributed by atoms with Gasteiger partial charge in [-0.25, -0.2) is 4.79 Å². The standard InChI is InChI=1S/C21H19ClN2O5/c1-13-4-6-16(22)10-17(13)24-21(26)15(11-23)8-14-5-7-18(19(9-14)27-2)29-12-20(25)28-3/h4-10H,12H2,1-3H3,(H,24,26)/b15-8+. The number of anilines is 1. The molecule has 29 heavy (non-hydrogen) atoms. The third-order valence-corrected chi connectivity index (χ3v) is 4.12. The van der Waals surface area contributed by atoms with E-state index >= 15 is 0 Å². The Balaban J connectivity index is 2.23. The van der Waals surface area contributed by atoms with E-state index < -0.39 is 11.9 Å². The van der Waals surface area contributed by atoms with Crippen LogP contribution in [-0.4, -0.2) is 32.7 Å². The Morgan fingerprint density at radius 1 is 1.17 bits per heavy atom. The molecule has 0 spiro atoms. The van der Waals surface area contributed by atoms with Crippen molar-refractivity contribution in [2.45, 2.75) is 6.92 Å². The number of hydrogen-bond donors (Lipinski definition) is 1. The van der Waals surface area contributed by atoms with Crippen molar-refractivity contribution in [2.75, 3.05) is 26.1 Å². The lowest BCUT2D eigenvalue weighted by Crippen LogP contribution is -2.14. The van der Waals surface area contributed by atoms with Gasteiger partial charge in [-0.3, -0.25) is 4.79 Å². The fraction of sp³-hybridized carbons (Fsp3) is 0.190. The van der Waals surface area contributed by atoms with Crippen molar-refractivity contribution in [3.05, 3.63) is 58.1 Å². The molecule has 0 saturated carbocycles. The summed E-state index contributed by atoms with van der Waals surface area (Å²) in [7, 11) is 2.70. The van der Waals surface area contributed by atoms with E-state index in [1.807, 2.05) is 13.0 Å². The second-order valence-corrected chi connectivity index (χ2v) is 6.29. The summed E-state index contributed by atoms with van der Waals surface area (Å²) >= 11 is 5.96. The van der Waals surface area contributed by atoms with Gasteiger partial charge in [-0.1, -0.05) is 23.7 Å². The normalized spacial score (nSPS) is 10.7. The van der Waals surface area contributed by atoms with Gasteiger partial charge in [0.1, 0.15) is 11.6 Å². The molecule has 0 heterocycles. The van der Waals surface area contributed by atoms with Gasteiger partial charge in [0.15, 0.2) is 18.1 Å². The van der Waals surface area contributed by atoms with Gasteiger partial charge >= 0.3 is 5.97 Å². The van der Waals surface area contributed by atoms with Crippen molar-refractivity contribution < 1.29 is 23.8 Å². The van der Waals surface area contributed by atoms with Crippen molar-refractivity contribution in [3.63, 3.8) is 0 Å². The van der Waals surface area contributed by atoms with Crippen molar-refractivity contribution in [1.29, 1.82) is 5.26 Å². The zero-order valence-corrected chi connectivity index (χ0v) is 16.9. The number of carbonyl (C=O) groups excluding carboxylic acids is 2. The minimum atomic E-state index is -0.567. The summed E-state index contributed by atoms with van der Waals surface area (Å²) in [6, 6.07) is 11.8. The second kappa shape index (κ2) is 10.2. The molecule has 0 aliphatic carbocycles. The van der Waals surface area contributed by atoms with Gasteiger partial charge in [0.2, 0.25) is 0 Å². The first kappa shape index (κ1) is 21.8. The number of nitrogens with one attached hydrogen (secondary N) is 1. The Kier molecular flexibility index (Phi) is 7.63. The first-order chi connectivity index (χ1) is 13.9. The van der Waals surface area contributed by atoms with E-state index in [4.69, 9.17) is 21.1 Å². The molecule has 8 heteroatoms. The van der Waals surface area contributed by atoms with E-state index in [0.717, 1.165) is 5.56 Å². The SMILES string of the molecule is COC(=O)COc1ccc(/C=C(\C#N)C(=O)Nc2cc(Cl)ccc2C)cc1OC. The Bertz CT molecular complexity index is 995. The molecule has 0 saturated heterocycles. The van der Waals surface area contributed by atoms with Gasteiger partial charge in [-0.15, -0.1) is 0 Å². The molecule has 0 radical (unpaired) electrons. The average Bonchev–Trinajstić information content (AvgIpc) is 2.72. The van der Waals surface area contributed by atoms with E-state index in [1.54, 1.807) is 36.4 Å². The van der Waals surface area contributed by atoms with Crippen LogP contribution in [0, 0.1) is 18.3 Å². The van der Waals surface area contributed by atoms with E-state index in [2.05, 4.69) is 10.1 Å². The lowest BCUT2D eigenvalue weighted by atomic mass is 10.1. The summed E-state index contributed by atoms with van der Waals surface area (Å²) in [5.74, 6) is -0.433. The first-order valence-corrected chi connectivity index (χ1v) is 8.82. The summed E-state index contributed by atoms with van der Waals surface area (Å²) in [6.07, 6.45) is 1.42. The molecule has 1 amide bonds. The zero-order valence-electron chi connectivity index (χ0n) is 16.1. The third kappa shape index (κ3) is 5.99. The second-order valence-electron chi connectivity index (χ2n) is 5.86. The molecule has 0 aliphatic rings. The van der Waals surface area contributed by atoms with Crippen molar-refractivity contribution in [2.24, 2.45) is 0 Å². The maximum absolute atomic E-state index is 12.5. The van der Waals surface area contributed by atoms with Crippen LogP contribution in [0.2, 0.25) is 5.02 Å². The van der Waals surface area contributed by atoms with Gasteiger partial charge in [-0.05, 0) is 48.4 Å². The van der Waals surface area contributed by atoms with Gasteiger partial charge in [-0.2, -0.15) is 5.26 Å². The molecule has 0 aromatic heterocycles. The minimum absolute atomic E-state index is 0.102. The minimum Gasteiger partial charge on any atom is -0.493 e. The predicted molar refractivity (Wildman–Crippen MR) is 109 cm³/mol. The number of methoxy groups -OCH3 is 2. The molecular weight excluding hydrogens is 396 g/mol. The molecule has 1 N–H and O–H groups in total. The Labute approximate surface area is 173 Å². The highest BCUT2D eigenvalue weighted by molar-refractivity contribution is 6.31. The fourth-order valence-electron chi connectivity index (χ4n) is 2.32. The molecule has 0 atom stereocenters. The zero-order chi connectivity index (χ0) is 21.4. The predicted octanol–water partition coefficient (Wildman–Crippen LogP) is 3.75. The van der Waals surface area contributed by atoms with Crippen molar-refractivity contribution >= 4 is 35.2 Å². The molecule has 0 bridgehead atoms. The van der Waals surface area contributed by atoms with Crippen LogP contribution in [0.1, 0.15) is 11.1 Å². The summed E-state index contributed by atoms with van der Waals surface area (Å²) < 4.78 is 15.1. The fourth-order valence-corrected chi connectivity index (χ4v) is 2.49. The number of carbonyl (C=O) groups is 2. The van der Waals surface area contributed by atoms with Crippen LogP contribution in [0.5, 0.6) is 11.5 Å². The molecular formula is C21H19ClN2O5. The van der Waals surface area contributed by atoms with Crippen LogP contribution in [0.3, 0.4) is 0 Å². The van der Waals surface area contributed by atoms with Crippen LogP contribution in [0.4, 0.5) is 5.69 Å². The lowest BCUT2D eigenvalue weighted by molar-refractivity contribution is -0.142. The van der Waals surface area contributed by atoms with Gasteiger partial charge in [0.25, 0.3) is 5.91 Å². The Morgan fingerprint density at radius 2 is 1.93 bits per heavy atom. The topological polar surface area (TPSA) is 97.7 Å². The Hall–Kier alpha value is -3.50. The highest BCUT2D eigenvalue weighted by Gasteiger charge is 2.13. The van der Waals surface area contributed by atoms with Gasteiger partial charge in [0, 0.05) is 10.7 Å².